The van der Waals surface area contributed by atoms with Gasteiger partial charge >= 0.3 is 0 Å². The summed E-state index contributed by atoms with van der Waals surface area (Å²) in [6, 6.07) is 60.9. The standard InChI is InChI=1S/C54H29N9/c1-56-36-22-26-47-42(30-36)43-31-37(57-2)23-27-48(43)63(47)54-59-52(33-13-5-3-6-14-33)58-53(60-54)34-21-25-44(35(29-34)32-55)62-45-19-11-9-17-39(45)40-24-28-49-50(51(40)62)41-18-10-12-20-46(41)61(49)38-15-7-4-8-16-38/h3-31H. The lowest BCUT2D eigenvalue weighted by Crippen LogP contribution is -2.07. The maximum absolute atomic E-state index is 11.1. The quantitative estimate of drug-likeness (QED) is 0.162. The fourth-order valence-electron chi connectivity index (χ4n) is 9.24. The molecule has 9 heteroatoms. The summed E-state index contributed by atoms with van der Waals surface area (Å²) in [5.74, 6) is 1.22. The Morgan fingerprint density at radius 1 is 0.444 bits per heavy atom. The van der Waals surface area contributed by atoms with Crippen molar-refractivity contribution in [2.45, 2.75) is 0 Å². The lowest BCUT2D eigenvalue weighted by molar-refractivity contribution is 0.953. The molecular weight excluding hydrogens is 775 g/mol. The highest BCUT2D eigenvalue weighted by Crippen LogP contribution is 2.43. The van der Waals surface area contributed by atoms with Crippen LogP contribution in [0.15, 0.2) is 176 Å². The van der Waals surface area contributed by atoms with Crippen LogP contribution in [-0.4, -0.2) is 28.7 Å². The Labute approximate surface area is 359 Å². The Kier molecular flexibility index (Phi) is 7.83. The highest BCUT2D eigenvalue weighted by molar-refractivity contribution is 6.26. The third-order valence-corrected chi connectivity index (χ3v) is 11.9. The molecule has 0 spiro atoms. The van der Waals surface area contributed by atoms with Gasteiger partial charge in [-0.15, -0.1) is 0 Å². The molecule has 0 saturated heterocycles. The predicted octanol–water partition coefficient (Wildman–Crippen LogP) is 13.5. The van der Waals surface area contributed by atoms with Crippen LogP contribution in [0, 0.1) is 24.5 Å². The molecule has 0 aliphatic carbocycles. The molecule has 9 nitrogen and oxygen atoms in total. The van der Waals surface area contributed by atoms with Crippen LogP contribution < -0.4 is 0 Å². The highest BCUT2D eigenvalue weighted by Gasteiger charge is 2.23. The smallest absolute Gasteiger partial charge is 0.238 e. The van der Waals surface area contributed by atoms with E-state index in [4.69, 9.17) is 28.1 Å². The van der Waals surface area contributed by atoms with Crippen molar-refractivity contribution in [1.82, 2.24) is 28.7 Å². The minimum absolute atomic E-state index is 0.368. The largest absolute Gasteiger partial charge is 0.309 e. The van der Waals surface area contributed by atoms with Crippen LogP contribution in [0.4, 0.5) is 11.4 Å². The van der Waals surface area contributed by atoms with Crippen LogP contribution in [-0.2, 0) is 0 Å². The number of para-hydroxylation sites is 3. The number of hydrogen-bond acceptors (Lipinski definition) is 4. The molecule has 0 fully saturated rings. The van der Waals surface area contributed by atoms with Crippen molar-refractivity contribution in [2.75, 3.05) is 0 Å². The summed E-state index contributed by atoms with van der Waals surface area (Å²) in [4.78, 5) is 22.6. The molecule has 0 atom stereocenters. The molecule has 63 heavy (non-hydrogen) atoms. The van der Waals surface area contributed by atoms with Crippen LogP contribution in [0.3, 0.4) is 0 Å². The zero-order chi connectivity index (χ0) is 42.2. The third kappa shape index (κ3) is 5.36. The summed E-state index contributed by atoms with van der Waals surface area (Å²) in [5, 5.41) is 17.1. The van der Waals surface area contributed by atoms with Gasteiger partial charge in [-0.05, 0) is 83.6 Å². The molecule has 0 N–H and O–H groups in total. The summed E-state index contributed by atoms with van der Waals surface area (Å²) < 4.78 is 6.50. The highest BCUT2D eigenvalue weighted by atomic mass is 15.2. The molecule has 0 radical (unpaired) electrons. The second kappa shape index (κ2) is 13.9. The fraction of sp³-hybridized carbons (Fsp3) is 0. The average Bonchev–Trinajstić information content (AvgIpc) is 3.99. The van der Waals surface area contributed by atoms with E-state index in [1.54, 1.807) is 12.1 Å². The topological polar surface area (TPSA) is 86.0 Å². The molecule has 12 aromatic rings. The first-order valence-corrected chi connectivity index (χ1v) is 20.3. The number of nitrogens with zero attached hydrogens (tertiary/aromatic N) is 9. The molecule has 4 aromatic heterocycles. The van der Waals surface area contributed by atoms with Crippen molar-refractivity contribution >= 4 is 76.8 Å². The van der Waals surface area contributed by atoms with E-state index in [0.717, 1.165) is 82.4 Å². The van der Waals surface area contributed by atoms with Gasteiger partial charge in [-0.25, -0.2) is 14.7 Å². The Morgan fingerprint density at radius 3 is 1.68 bits per heavy atom. The van der Waals surface area contributed by atoms with Gasteiger partial charge in [0.25, 0.3) is 0 Å². The molecule has 8 aromatic carbocycles. The maximum atomic E-state index is 11.1. The summed E-state index contributed by atoms with van der Waals surface area (Å²) in [5.41, 5.74) is 10.4. The van der Waals surface area contributed by atoms with Gasteiger partial charge in [0, 0.05) is 38.4 Å². The van der Waals surface area contributed by atoms with E-state index in [1.807, 2.05) is 89.5 Å². The first-order chi connectivity index (χ1) is 31.1. The van der Waals surface area contributed by atoms with Gasteiger partial charge in [0.15, 0.2) is 23.0 Å². The van der Waals surface area contributed by atoms with Gasteiger partial charge in [-0.3, -0.25) is 4.57 Å². The van der Waals surface area contributed by atoms with Gasteiger partial charge in [-0.2, -0.15) is 15.2 Å². The van der Waals surface area contributed by atoms with Crippen LogP contribution >= 0.6 is 0 Å². The Morgan fingerprint density at radius 2 is 1.02 bits per heavy atom. The Balaban J connectivity index is 1.11. The van der Waals surface area contributed by atoms with Gasteiger partial charge in [0.2, 0.25) is 5.95 Å². The van der Waals surface area contributed by atoms with Crippen LogP contribution in [0.25, 0.3) is 115 Å². The monoisotopic (exact) mass is 803 g/mol. The second-order valence-electron chi connectivity index (χ2n) is 15.4. The number of hydrogen-bond donors (Lipinski definition) is 0. The van der Waals surface area contributed by atoms with Gasteiger partial charge in [0.1, 0.15) is 6.07 Å². The lowest BCUT2D eigenvalue weighted by atomic mass is 10.1. The molecule has 0 aliphatic rings. The molecular formula is C54H29N9. The first kappa shape index (κ1) is 35.6. The molecule has 0 bridgehead atoms. The summed E-state index contributed by atoms with van der Waals surface area (Å²) in [6.45, 7) is 15.4. The van der Waals surface area contributed by atoms with Gasteiger partial charge in [-0.1, -0.05) is 103 Å². The van der Waals surface area contributed by atoms with Gasteiger partial charge < -0.3 is 9.13 Å². The minimum atomic E-state index is 0.368. The Hall–Kier alpha value is -9.36. The second-order valence-corrected chi connectivity index (χ2v) is 15.4. The van der Waals surface area contributed by atoms with E-state index in [1.165, 1.54) is 0 Å². The fourth-order valence-corrected chi connectivity index (χ4v) is 9.24. The number of fused-ring (bicyclic) bond motifs is 10. The molecule has 0 amide bonds. The zero-order valence-electron chi connectivity index (χ0n) is 33.3. The minimum Gasteiger partial charge on any atom is -0.309 e. The van der Waals surface area contributed by atoms with E-state index in [2.05, 4.69) is 104 Å². The molecule has 4 heterocycles. The normalized spacial score (nSPS) is 11.4. The molecule has 0 saturated carbocycles. The number of nitriles is 1. The predicted molar refractivity (Wildman–Crippen MR) is 251 cm³/mol. The van der Waals surface area contributed by atoms with Crippen LogP contribution in [0.5, 0.6) is 0 Å². The van der Waals surface area contributed by atoms with Crippen molar-refractivity contribution in [3.63, 3.8) is 0 Å². The van der Waals surface area contributed by atoms with Crippen molar-refractivity contribution in [1.29, 1.82) is 5.26 Å². The van der Waals surface area contributed by atoms with Crippen molar-refractivity contribution in [2.24, 2.45) is 0 Å². The first-order valence-electron chi connectivity index (χ1n) is 20.3. The van der Waals surface area contributed by atoms with Crippen molar-refractivity contribution < 1.29 is 0 Å². The van der Waals surface area contributed by atoms with E-state index in [-0.39, 0.29) is 0 Å². The van der Waals surface area contributed by atoms with Crippen molar-refractivity contribution in [3.8, 4) is 46.2 Å². The van der Waals surface area contributed by atoms with Crippen molar-refractivity contribution in [3.05, 3.63) is 204 Å². The average molecular weight is 804 g/mol. The van der Waals surface area contributed by atoms with Gasteiger partial charge in [0.05, 0.1) is 57.5 Å². The van der Waals surface area contributed by atoms with E-state index >= 15 is 0 Å². The summed E-state index contributed by atoms with van der Waals surface area (Å²) in [6.07, 6.45) is 0. The van der Waals surface area contributed by atoms with Crippen LogP contribution in [0.2, 0.25) is 0 Å². The number of aromatic nitrogens is 6. The molecule has 0 aliphatic heterocycles. The Bertz CT molecular complexity index is 3930. The number of rotatable bonds is 5. The lowest BCUT2D eigenvalue weighted by Gasteiger charge is -2.14. The van der Waals surface area contributed by atoms with Crippen LogP contribution in [0.1, 0.15) is 5.56 Å². The molecule has 12 rings (SSSR count). The third-order valence-electron chi connectivity index (χ3n) is 11.9. The van der Waals surface area contributed by atoms with E-state index in [0.29, 0.717) is 40.1 Å². The van der Waals surface area contributed by atoms with E-state index in [9.17, 15) is 5.26 Å². The zero-order valence-corrected chi connectivity index (χ0v) is 33.3. The summed E-state index contributed by atoms with van der Waals surface area (Å²) in [7, 11) is 0. The molecule has 290 valence electrons. The molecule has 0 unspecified atom stereocenters. The number of benzene rings is 8. The SMILES string of the molecule is [C-]#[N+]c1ccc2c(c1)c1cc([N+]#[C-])ccc1n2-c1nc(-c2ccccc2)nc(-c2ccc(-n3c4ccccc4c4ccc5c(c6ccccc6n5-c5ccccc5)c43)c(C#N)c2)n1. The summed E-state index contributed by atoms with van der Waals surface area (Å²) >= 11 is 0. The maximum Gasteiger partial charge on any atom is 0.238 e. The van der Waals surface area contributed by atoms with E-state index < -0.39 is 0 Å².